The van der Waals surface area contributed by atoms with Crippen molar-refractivity contribution < 1.29 is 9.53 Å². The number of rotatable bonds is 2. The molecule has 1 aliphatic carbocycles. The number of carbonyl (C=O) groups excluding carboxylic acids is 1. The highest BCUT2D eigenvalue weighted by Gasteiger charge is 2.24. The Bertz CT molecular complexity index is 258. The molecule has 16 heavy (non-hydrogen) atoms. The number of aliphatic imine (C=N–C) groups is 1. The van der Waals surface area contributed by atoms with Gasteiger partial charge >= 0.3 is 6.09 Å². The predicted octanol–water partition coefficient (Wildman–Crippen LogP) is 2.52. The fraction of sp³-hybridized carbons (Fsp3) is 0.833. The fourth-order valence-electron chi connectivity index (χ4n) is 1.94. The minimum atomic E-state index is -0.436. The molecule has 2 unspecified atom stereocenters. The van der Waals surface area contributed by atoms with Crippen LogP contribution in [0.25, 0.3) is 0 Å². The van der Waals surface area contributed by atoms with Gasteiger partial charge in [0.25, 0.3) is 0 Å². The van der Waals surface area contributed by atoms with Gasteiger partial charge in [-0.2, -0.15) is 0 Å². The van der Waals surface area contributed by atoms with Crippen molar-refractivity contribution >= 4 is 12.8 Å². The standard InChI is InChI=1S/C12H22N2O2/c1-12(2,3)16-11(15)14-10-7-5-6-9(8-10)13-4/h9-10H,4-8H2,1-3H3,(H,14,15). The first-order valence-electron chi connectivity index (χ1n) is 5.86. The Labute approximate surface area is 97.5 Å². The summed E-state index contributed by atoms with van der Waals surface area (Å²) in [5.74, 6) is 0. The average Bonchev–Trinajstić information content (AvgIpc) is 2.15. The zero-order valence-electron chi connectivity index (χ0n) is 10.5. The van der Waals surface area contributed by atoms with Crippen LogP contribution in [0.4, 0.5) is 4.79 Å². The molecule has 1 aliphatic rings. The van der Waals surface area contributed by atoms with Crippen LogP contribution in [-0.4, -0.2) is 30.5 Å². The number of nitrogens with one attached hydrogen (secondary N) is 1. The van der Waals surface area contributed by atoms with Crippen LogP contribution in [0, 0.1) is 0 Å². The second-order valence-corrected chi connectivity index (χ2v) is 5.35. The van der Waals surface area contributed by atoms with Gasteiger partial charge in [-0.3, -0.25) is 4.99 Å². The Kier molecular flexibility index (Phi) is 4.33. The minimum absolute atomic E-state index is 0.180. The summed E-state index contributed by atoms with van der Waals surface area (Å²) in [4.78, 5) is 15.6. The van der Waals surface area contributed by atoms with Crippen LogP contribution in [0.3, 0.4) is 0 Å². The number of hydrogen-bond donors (Lipinski definition) is 1. The molecule has 0 bridgehead atoms. The van der Waals surface area contributed by atoms with Gasteiger partial charge < -0.3 is 10.1 Å². The van der Waals surface area contributed by atoms with E-state index in [1.807, 2.05) is 20.8 Å². The SMILES string of the molecule is C=NC1CCCC(NC(=O)OC(C)(C)C)C1. The Morgan fingerprint density at radius 2 is 2.12 bits per heavy atom. The Morgan fingerprint density at radius 3 is 2.69 bits per heavy atom. The molecule has 92 valence electrons. The van der Waals surface area contributed by atoms with Crippen LogP contribution >= 0.6 is 0 Å². The van der Waals surface area contributed by atoms with E-state index in [0.29, 0.717) is 0 Å². The summed E-state index contributed by atoms with van der Waals surface area (Å²) in [7, 11) is 0. The van der Waals surface area contributed by atoms with Crippen molar-refractivity contribution in [3.63, 3.8) is 0 Å². The van der Waals surface area contributed by atoms with Gasteiger partial charge in [-0.1, -0.05) is 0 Å². The number of amides is 1. The molecule has 1 rings (SSSR count). The Balaban J connectivity index is 2.36. The molecule has 0 heterocycles. The molecule has 0 aromatic rings. The van der Waals surface area contributed by atoms with Crippen molar-refractivity contribution in [1.82, 2.24) is 5.32 Å². The van der Waals surface area contributed by atoms with Crippen LogP contribution in [0.2, 0.25) is 0 Å². The van der Waals surface area contributed by atoms with E-state index in [1.165, 1.54) is 0 Å². The second-order valence-electron chi connectivity index (χ2n) is 5.35. The van der Waals surface area contributed by atoms with Gasteiger partial charge in [0.2, 0.25) is 0 Å². The smallest absolute Gasteiger partial charge is 0.407 e. The van der Waals surface area contributed by atoms with Crippen molar-refractivity contribution in [2.75, 3.05) is 0 Å². The highest BCUT2D eigenvalue weighted by atomic mass is 16.6. The molecule has 2 atom stereocenters. The molecule has 0 aliphatic heterocycles. The van der Waals surface area contributed by atoms with Gasteiger partial charge in [-0.15, -0.1) is 0 Å². The quantitative estimate of drug-likeness (QED) is 0.735. The van der Waals surface area contributed by atoms with Gasteiger partial charge in [0, 0.05) is 6.04 Å². The topological polar surface area (TPSA) is 50.7 Å². The van der Waals surface area contributed by atoms with Crippen LogP contribution < -0.4 is 5.32 Å². The highest BCUT2D eigenvalue weighted by Crippen LogP contribution is 2.21. The second kappa shape index (κ2) is 5.32. The molecule has 4 heteroatoms. The number of hydrogen-bond acceptors (Lipinski definition) is 3. The number of carbonyl (C=O) groups is 1. The van der Waals surface area contributed by atoms with Crippen LogP contribution in [-0.2, 0) is 4.74 Å². The molecular formula is C12H22N2O2. The summed E-state index contributed by atoms with van der Waals surface area (Å²) in [6, 6.07) is 0.466. The number of ether oxygens (including phenoxy) is 1. The zero-order chi connectivity index (χ0) is 12.2. The lowest BCUT2D eigenvalue weighted by molar-refractivity contribution is 0.0491. The molecule has 1 N–H and O–H groups in total. The lowest BCUT2D eigenvalue weighted by Crippen LogP contribution is -2.42. The first kappa shape index (κ1) is 13.0. The normalized spacial score (nSPS) is 25.9. The highest BCUT2D eigenvalue weighted by molar-refractivity contribution is 5.68. The van der Waals surface area contributed by atoms with E-state index in [9.17, 15) is 4.79 Å². The van der Waals surface area contributed by atoms with Gasteiger partial charge in [-0.25, -0.2) is 4.79 Å². The van der Waals surface area contributed by atoms with E-state index in [4.69, 9.17) is 4.74 Å². The predicted molar refractivity (Wildman–Crippen MR) is 65.0 cm³/mol. The van der Waals surface area contributed by atoms with Gasteiger partial charge in [0.15, 0.2) is 0 Å². The summed E-state index contributed by atoms with van der Waals surface area (Å²) in [6.45, 7) is 9.15. The van der Waals surface area contributed by atoms with Gasteiger partial charge in [0.1, 0.15) is 5.60 Å². The van der Waals surface area contributed by atoms with E-state index in [-0.39, 0.29) is 18.2 Å². The van der Waals surface area contributed by atoms with Crippen molar-refractivity contribution in [2.24, 2.45) is 4.99 Å². The van der Waals surface area contributed by atoms with Gasteiger partial charge in [-0.05, 0) is 53.2 Å². The lowest BCUT2D eigenvalue weighted by atomic mass is 9.91. The third-order valence-corrected chi connectivity index (χ3v) is 2.63. The summed E-state index contributed by atoms with van der Waals surface area (Å²) < 4.78 is 5.21. The van der Waals surface area contributed by atoms with Gasteiger partial charge in [0.05, 0.1) is 6.04 Å². The molecule has 0 spiro atoms. The van der Waals surface area contributed by atoms with Crippen molar-refractivity contribution in [3.05, 3.63) is 0 Å². The summed E-state index contributed by atoms with van der Waals surface area (Å²) in [5, 5.41) is 2.89. The molecule has 0 saturated heterocycles. The molecular weight excluding hydrogens is 204 g/mol. The third-order valence-electron chi connectivity index (χ3n) is 2.63. The summed E-state index contributed by atoms with van der Waals surface area (Å²) in [5.41, 5.74) is -0.436. The molecule has 0 radical (unpaired) electrons. The van der Waals surface area contributed by atoms with E-state index in [1.54, 1.807) is 0 Å². The number of alkyl carbamates (subject to hydrolysis) is 1. The first-order chi connectivity index (χ1) is 7.40. The summed E-state index contributed by atoms with van der Waals surface area (Å²) >= 11 is 0. The molecule has 1 fully saturated rings. The average molecular weight is 226 g/mol. The minimum Gasteiger partial charge on any atom is -0.444 e. The maximum absolute atomic E-state index is 11.5. The van der Waals surface area contributed by atoms with Crippen molar-refractivity contribution in [2.45, 2.75) is 64.1 Å². The summed E-state index contributed by atoms with van der Waals surface area (Å²) in [6.07, 6.45) is 3.72. The van der Waals surface area contributed by atoms with E-state index < -0.39 is 5.60 Å². The van der Waals surface area contributed by atoms with Crippen LogP contribution in [0.15, 0.2) is 4.99 Å². The molecule has 0 aromatic carbocycles. The molecule has 0 aromatic heterocycles. The Morgan fingerprint density at radius 1 is 1.44 bits per heavy atom. The van der Waals surface area contributed by atoms with E-state index in [0.717, 1.165) is 25.7 Å². The van der Waals surface area contributed by atoms with Crippen molar-refractivity contribution in [1.29, 1.82) is 0 Å². The lowest BCUT2D eigenvalue weighted by Gasteiger charge is -2.28. The van der Waals surface area contributed by atoms with E-state index >= 15 is 0 Å². The zero-order valence-corrected chi connectivity index (χ0v) is 10.5. The number of nitrogens with zero attached hydrogens (tertiary/aromatic N) is 1. The monoisotopic (exact) mass is 226 g/mol. The largest absolute Gasteiger partial charge is 0.444 e. The Hall–Kier alpha value is -1.06. The van der Waals surface area contributed by atoms with Crippen LogP contribution in [0.1, 0.15) is 46.5 Å². The van der Waals surface area contributed by atoms with Crippen molar-refractivity contribution in [3.8, 4) is 0 Å². The first-order valence-corrected chi connectivity index (χ1v) is 5.86. The molecule has 4 nitrogen and oxygen atoms in total. The molecule has 1 saturated carbocycles. The van der Waals surface area contributed by atoms with E-state index in [2.05, 4.69) is 17.0 Å². The fourth-order valence-corrected chi connectivity index (χ4v) is 1.94. The molecule has 1 amide bonds. The maximum Gasteiger partial charge on any atom is 0.407 e. The van der Waals surface area contributed by atoms with Crippen LogP contribution in [0.5, 0.6) is 0 Å². The maximum atomic E-state index is 11.5. The third kappa shape index (κ3) is 4.64.